The predicted molar refractivity (Wildman–Crippen MR) is 122 cm³/mol. The van der Waals surface area contributed by atoms with Crippen molar-refractivity contribution < 1.29 is 22.4 Å². The van der Waals surface area contributed by atoms with Gasteiger partial charge in [0.05, 0.1) is 30.0 Å². The molecule has 1 atom stereocenters. The monoisotopic (exact) mass is 457 g/mol. The second kappa shape index (κ2) is 9.88. The van der Waals surface area contributed by atoms with Gasteiger partial charge in [0, 0.05) is 19.2 Å². The van der Waals surface area contributed by atoms with Crippen molar-refractivity contribution in [3.8, 4) is 5.75 Å². The van der Waals surface area contributed by atoms with Gasteiger partial charge in [-0.3, -0.25) is 14.0 Å². The second-order valence-corrected chi connectivity index (χ2v) is 9.34. The van der Waals surface area contributed by atoms with Gasteiger partial charge in [0.15, 0.2) is 0 Å². The Bertz CT molecular complexity index is 1140. The summed E-state index contributed by atoms with van der Waals surface area (Å²) in [7, 11) is 2.92. The molecule has 0 unspecified atom stereocenters. The van der Waals surface area contributed by atoms with Crippen LogP contribution in [0.15, 0.2) is 76.2 Å². The molecule has 0 saturated carbocycles. The Morgan fingerprint density at radius 2 is 1.72 bits per heavy atom. The normalized spacial score (nSPS) is 12.4. The third-order valence-corrected chi connectivity index (χ3v) is 6.94. The molecule has 9 heteroatoms. The lowest BCUT2D eigenvalue weighted by atomic mass is 10.2. The molecule has 1 heterocycles. The molecule has 0 bridgehead atoms. The molecule has 0 aliphatic rings. The first-order valence-electron chi connectivity index (χ1n) is 9.95. The number of ether oxygens (including phenoxy) is 1. The van der Waals surface area contributed by atoms with E-state index in [2.05, 4.69) is 5.32 Å². The lowest BCUT2D eigenvalue weighted by Gasteiger charge is -2.23. The number of anilines is 1. The molecule has 32 heavy (non-hydrogen) atoms. The van der Waals surface area contributed by atoms with Gasteiger partial charge < -0.3 is 14.5 Å². The van der Waals surface area contributed by atoms with E-state index in [0.717, 1.165) is 10.1 Å². The fraction of sp³-hybridized carbons (Fsp3) is 0.261. The van der Waals surface area contributed by atoms with Crippen molar-refractivity contribution in [2.24, 2.45) is 0 Å². The van der Waals surface area contributed by atoms with Crippen LogP contribution in [-0.2, 0) is 10.0 Å². The van der Waals surface area contributed by atoms with Gasteiger partial charge in [-0.05, 0) is 62.6 Å². The van der Waals surface area contributed by atoms with Crippen LogP contribution in [0.25, 0.3) is 0 Å². The second-order valence-electron chi connectivity index (χ2n) is 7.37. The molecule has 3 aromatic rings. The fourth-order valence-electron chi connectivity index (χ4n) is 3.27. The van der Waals surface area contributed by atoms with Gasteiger partial charge in [0.2, 0.25) is 0 Å². The largest absolute Gasteiger partial charge is 0.495 e. The van der Waals surface area contributed by atoms with Crippen LogP contribution in [0.3, 0.4) is 0 Å². The number of hydrogen-bond donors (Lipinski definition) is 1. The van der Waals surface area contributed by atoms with Crippen LogP contribution in [0.2, 0.25) is 0 Å². The molecule has 170 valence electrons. The van der Waals surface area contributed by atoms with Gasteiger partial charge in [0.25, 0.3) is 15.9 Å². The van der Waals surface area contributed by atoms with E-state index in [1.807, 2.05) is 25.1 Å². The molecule has 1 aromatic heterocycles. The highest BCUT2D eigenvalue weighted by Crippen LogP contribution is 2.30. The Balaban J connectivity index is 1.73. The quantitative estimate of drug-likeness (QED) is 0.531. The first-order chi connectivity index (χ1) is 15.3. The minimum absolute atomic E-state index is 0.0733. The van der Waals surface area contributed by atoms with Crippen molar-refractivity contribution in [3.63, 3.8) is 0 Å². The lowest BCUT2D eigenvalue weighted by molar-refractivity contribution is 0.0939. The highest BCUT2D eigenvalue weighted by molar-refractivity contribution is 7.92. The number of hydrogen-bond acceptors (Lipinski definition) is 6. The first-order valence-corrected chi connectivity index (χ1v) is 11.4. The maximum absolute atomic E-state index is 13.1. The number of nitrogens with one attached hydrogen (secondary N) is 1. The van der Waals surface area contributed by atoms with Crippen molar-refractivity contribution in [1.29, 1.82) is 0 Å². The maximum atomic E-state index is 13.1. The maximum Gasteiger partial charge on any atom is 0.264 e. The van der Waals surface area contributed by atoms with E-state index in [0.29, 0.717) is 23.5 Å². The van der Waals surface area contributed by atoms with Crippen molar-refractivity contribution in [2.75, 3.05) is 39.1 Å². The molecule has 8 nitrogen and oxygen atoms in total. The van der Waals surface area contributed by atoms with E-state index in [-0.39, 0.29) is 16.8 Å². The Hall–Kier alpha value is -3.30. The zero-order valence-electron chi connectivity index (χ0n) is 18.5. The number of rotatable bonds is 9. The number of methoxy groups -OCH3 is 1. The van der Waals surface area contributed by atoms with Gasteiger partial charge in [-0.25, -0.2) is 8.42 Å². The van der Waals surface area contributed by atoms with Crippen LogP contribution >= 0.6 is 0 Å². The number of nitrogens with zero attached hydrogens (tertiary/aromatic N) is 2. The summed E-state index contributed by atoms with van der Waals surface area (Å²) in [6.45, 7) is 0.343. The van der Waals surface area contributed by atoms with E-state index >= 15 is 0 Å². The smallest absolute Gasteiger partial charge is 0.264 e. The van der Waals surface area contributed by atoms with Crippen LogP contribution in [0.5, 0.6) is 5.75 Å². The highest BCUT2D eigenvalue weighted by atomic mass is 32.2. The molecular weight excluding hydrogens is 430 g/mol. The van der Waals surface area contributed by atoms with Gasteiger partial charge in [-0.15, -0.1) is 0 Å². The number of carbonyl (C=O) groups excluding carboxylic acids is 1. The summed E-state index contributed by atoms with van der Waals surface area (Å²) < 4.78 is 38.0. The third-order valence-electron chi connectivity index (χ3n) is 5.15. The molecule has 0 fully saturated rings. The van der Waals surface area contributed by atoms with Gasteiger partial charge in [0.1, 0.15) is 11.5 Å². The summed E-state index contributed by atoms with van der Waals surface area (Å²) in [5.74, 6) is 0.892. The number of furan rings is 1. The molecule has 2 aromatic carbocycles. The highest BCUT2D eigenvalue weighted by Gasteiger charge is 2.24. The topological polar surface area (TPSA) is 92.1 Å². The van der Waals surface area contributed by atoms with E-state index < -0.39 is 10.0 Å². The van der Waals surface area contributed by atoms with E-state index in [1.54, 1.807) is 36.6 Å². The van der Waals surface area contributed by atoms with E-state index in [9.17, 15) is 13.2 Å². The number of carbonyl (C=O) groups is 1. The van der Waals surface area contributed by atoms with Crippen molar-refractivity contribution in [2.45, 2.75) is 10.9 Å². The molecule has 0 spiro atoms. The van der Waals surface area contributed by atoms with Crippen LogP contribution in [0.1, 0.15) is 22.2 Å². The molecule has 0 radical (unpaired) electrons. The van der Waals surface area contributed by atoms with Gasteiger partial charge in [-0.1, -0.05) is 12.1 Å². The Kier molecular flexibility index (Phi) is 7.22. The number of amides is 1. The van der Waals surface area contributed by atoms with E-state index in [1.165, 1.54) is 38.4 Å². The molecule has 3 rings (SSSR count). The Morgan fingerprint density at radius 3 is 2.31 bits per heavy atom. The molecule has 0 saturated heterocycles. The standard InChI is InChI=1S/C23H27N3O5S/c1-25(2)20(22-10-7-15-31-22)16-24-23(27)17-11-13-18(14-12-17)32(28,29)26(3)19-8-5-6-9-21(19)30-4/h5-15,20H,16H2,1-4H3,(H,24,27)/t20-/m0/s1. The Labute approximate surface area is 188 Å². The molecule has 1 N–H and O–H groups in total. The van der Waals surface area contributed by atoms with Crippen molar-refractivity contribution in [1.82, 2.24) is 10.2 Å². The van der Waals surface area contributed by atoms with Crippen molar-refractivity contribution >= 4 is 21.6 Å². The predicted octanol–water partition coefficient (Wildman–Crippen LogP) is 3.15. The molecule has 1 amide bonds. The van der Waals surface area contributed by atoms with Crippen molar-refractivity contribution in [3.05, 3.63) is 78.3 Å². The first kappa shape index (κ1) is 23.4. The van der Waals surface area contributed by atoms with Crippen LogP contribution < -0.4 is 14.4 Å². The number of benzene rings is 2. The summed E-state index contributed by atoms with van der Waals surface area (Å²) in [5, 5.41) is 2.87. The molecular formula is C23H27N3O5S. The molecule has 0 aliphatic heterocycles. The fourth-order valence-corrected chi connectivity index (χ4v) is 4.47. The average molecular weight is 458 g/mol. The minimum atomic E-state index is -3.83. The minimum Gasteiger partial charge on any atom is -0.495 e. The zero-order chi connectivity index (χ0) is 23.3. The van der Waals surface area contributed by atoms with Crippen LogP contribution in [0, 0.1) is 0 Å². The summed E-state index contributed by atoms with van der Waals surface area (Å²) in [6.07, 6.45) is 1.59. The van der Waals surface area contributed by atoms with Gasteiger partial charge in [-0.2, -0.15) is 0 Å². The SMILES string of the molecule is COc1ccccc1N(C)S(=O)(=O)c1ccc(C(=O)NC[C@@H](c2ccco2)N(C)C)cc1. The summed E-state index contributed by atoms with van der Waals surface area (Å²) in [6, 6.07) is 16.2. The number of likely N-dealkylation sites (N-methyl/N-ethyl adjacent to an activating group) is 1. The van der Waals surface area contributed by atoms with Crippen LogP contribution in [-0.4, -0.2) is 54.0 Å². The molecule has 0 aliphatic carbocycles. The number of para-hydroxylation sites is 2. The van der Waals surface area contributed by atoms with Crippen LogP contribution in [0.4, 0.5) is 5.69 Å². The van der Waals surface area contributed by atoms with E-state index in [4.69, 9.17) is 9.15 Å². The third kappa shape index (κ3) is 4.95. The average Bonchev–Trinajstić information content (AvgIpc) is 3.32. The number of sulfonamides is 1. The lowest BCUT2D eigenvalue weighted by Crippen LogP contribution is -2.34. The zero-order valence-corrected chi connectivity index (χ0v) is 19.3. The Morgan fingerprint density at radius 1 is 1.03 bits per heavy atom. The summed E-state index contributed by atoms with van der Waals surface area (Å²) >= 11 is 0. The summed E-state index contributed by atoms with van der Waals surface area (Å²) in [4.78, 5) is 14.6. The van der Waals surface area contributed by atoms with Gasteiger partial charge >= 0.3 is 0 Å². The summed E-state index contributed by atoms with van der Waals surface area (Å²) in [5.41, 5.74) is 0.783.